The summed E-state index contributed by atoms with van der Waals surface area (Å²) < 4.78 is 34.2. The molecule has 0 spiro atoms. The summed E-state index contributed by atoms with van der Waals surface area (Å²) in [5.74, 6) is 2.84. The van der Waals surface area contributed by atoms with Gasteiger partial charge in [-0.05, 0) is 12.1 Å². The van der Waals surface area contributed by atoms with Crippen LogP contribution in [0.25, 0.3) is 0 Å². The standard InChI is InChI=1S/C21H24O6/c1-12-20(14-7-6-13(22-3)8-16(14)23-4)15-9-18-19(26-11-25-18)10-17(15)27-21(12,2)24-5/h6-10,12,20H,11H2,1-5H3/t12-,20-,21-/m1/s1. The fourth-order valence-electron chi connectivity index (χ4n) is 3.89. The van der Waals surface area contributed by atoms with Crippen LogP contribution < -0.4 is 23.7 Å². The first kappa shape index (κ1) is 17.8. The van der Waals surface area contributed by atoms with E-state index >= 15 is 0 Å². The Morgan fingerprint density at radius 3 is 2.33 bits per heavy atom. The quantitative estimate of drug-likeness (QED) is 0.810. The average Bonchev–Trinajstić information content (AvgIpc) is 3.14. The van der Waals surface area contributed by atoms with E-state index in [4.69, 9.17) is 28.4 Å². The normalized spacial score (nSPS) is 25.5. The molecule has 144 valence electrons. The number of rotatable bonds is 4. The molecule has 0 unspecified atom stereocenters. The third-order valence-electron chi connectivity index (χ3n) is 5.66. The topological polar surface area (TPSA) is 55.4 Å². The number of benzene rings is 2. The van der Waals surface area contributed by atoms with Crippen LogP contribution in [0.2, 0.25) is 0 Å². The molecule has 0 N–H and O–H groups in total. The fraction of sp³-hybridized carbons (Fsp3) is 0.429. The van der Waals surface area contributed by atoms with Crippen molar-refractivity contribution in [2.45, 2.75) is 25.6 Å². The first-order valence-electron chi connectivity index (χ1n) is 8.90. The Morgan fingerprint density at radius 1 is 0.926 bits per heavy atom. The van der Waals surface area contributed by atoms with Crippen molar-refractivity contribution >= 4 is 0 Å². The summed E-state index contributed by atoms with van der Waals surface area (Å²) in [6.07, 6.45) is 0. The molecule has 27 heavy (non-hydrogen) atoms. The molecule has 6 nitrogen and oxygen atoms in total. The van der Waals surface area contributed by atoms with E-state index in [1.54, 1.807) is 21.3 Å². The van der Waals surface area contributed by atoms with Crippen LogP contribution >= 0.6 is 0 Å². The lowest BCUT2D eigenvalue weighted by Gasteiger charge is -2.44. The van der Waals surface area contributed by atoms with Crippen LogP contribution in [0.5, 0.6) is 28.7 Å². The van der Waals surface area contributed by atoms with Crippen LogP contribution in [0.15, 0.2) is 30.3 Å². The SMILES string of the molecule is COc1ccc([C@@H]2c3cc4c(cc3O[C@@](C)(OC)[C@@H]2C)OCO4)c(OC)c1. The molecule has 0 fully saturated rings. The first-order chi connectivity index (χ1) is 13.0. The van der Waals surface area contributed by atoms with Crippen LogP contribution in [0, 0.1) is 5.92 Å². The predicted octanol–water partition coefficient (Wildman–Crippen LogP) is 3.96. The largest absolute Gasteiger partial charge is 0.497 e. The lowest BCUT2D eigenvalue weighted by Crippen LogP contribution is -2.47. The second kappa shape index (κ2) is 6.53. The summed E-state index contributed by atoms with van der Waals surface area (Å²) >= 11 is 0. The van der Waals surface area contributed by atoms with Gasteiger partial charge in [-0.15, -0.1) is 0 Å². The summed E-state index contributed by atoms with van der Waals surface area (Å²) in [5, 5.41) is 0. The Morgan fingerprint density at radius 2 is 1.67 bits per heavy atom. The molecule has 2 heterocycles. The van der Waals surface area contributed by atoms with Gasteiger partial charge in [-0.2, -0.15) is 0 Å². The van der Waals surface area contributed by atoms with Crippen molar-refractivity contribution in [2.24, 2.45) is 5.92 Å². The van der Waals surface area contributed by atoms with Crippen molar-refractivity contribution in [3.05, 3.63) is 41.5 Å². The van der Waals surface area contributed by atoms with Crippen molar-refractivity contribution in [1.82, 2.24) is 0 Å². The molecule has 6 heteroatoms. The summed E-state index contributed by atoms with van der Waals surface area (Å²) in [5.41, 5.74) is 2.06. The van der Waals surface area contributed by atoms with Crippen LogP contribution in [0.1, 0.15) is 30.9 Å². The van der Waals surface area contributed by atoms with E-state index in [1.165, 1.54) is 0 Å². The van der Waals surface area contributed by atoms with Gasteiger partial charge < -0.3 is 28.4 Å². The number of ether oxygens (including phenoxy) is 6. The van der Waals surface area contributed by atoms with Gasteiger partial charge in [0.15, 0.2) is 11.5 Å². The maximum absolute atomic E-state index is 6.25. The zero-order valence-electron chi connectivity index (χ0n) is 16.2. The zero-order chi connectivity index (χ0) is 19.2. The fourth-order valence-corrected chi connectivity index (χ4v) is 3.89. The van der Waals surface area contributed by atoms with Gasteiger partial charge in [0.05, 0.1) is 14.2 Å². The van der Waals surface area contributed by atoms with Gasteiger partial charge in [-0.25, -0.2) is 0 Å². The van der Waals surface area contributed by atoms with Gasteiger partial charge in [0.25, 0.3) is 0 Å². The van der Waals surface area contributed by atoms with E-state index in [0.717, 1.165) is 34.1 Å². The van der Waals surface area contributed by atoms with E-state index in [1.807, 2.05) is 37.3 Å². The summed E-state index contributed by atoms with van der Waals surface area (Å²) in [6, 6.07) is 9.75. The highest BCUT2D eigenvalue weighted by molar-refractivity contribution is 5.58. The molecule has 0 amide bonds. The highest BCUT2D eigenvalue weighted by atomic mass is 16.7. The van der Waals surface area contributed by atoms with Gasteiger partial charge in [-0.3, -0.25) is 0 Å². The Hall–Kier alpha value is -2.60. The lowest BCUT2D eigenvalue weighted by atomic mass is 9.75. The molecule has 2 aliphatic rings. The molecule has 0 bridgehead atoms. The van der Waals surface area contributed by atoms with E-state index < -0.39 is 5.79 Å². The third-order valence-corrected chi connectivity index (χ3v) is 5.66. The highest BCUT2D eigenvalue weighted by Gasteiger charge is 2.47. The van der Waals surface area contributed by atoms with Gasteiger partial charge >= 0.3 is 0 Å². The number of hydrogen-bond donors (Lipinski definition) is 0. The van der Waals surface area contributed by atoms with Gasteiger partial charge in [0.2, 0.25) is 12.6 Å². The molecule has 0 aromatic heterocycles. The lowest BCUT2D eigenvalue weighted by molar-refractivity contribution is -0.194. The maximum atomic E-state index is 6.25. The van der Waals surface area contributed by atoms with Crippen molar-refractivity contribution in [3.63, 3.8) is 0 Å². The second-order valence-corrected chi connectivity index (χ2v) is 6.94. The molecule has 2 aliphatic heterocycles. The van der Waals surface area contributed by atoms with Crippen molar-refractivity contribution < 1.29 is 28.4 Å². The van der Waals surface area contributed by atoms with Crippen LogP contribution in [0.4, 0.5) is 0 Å². The maximum Gasteiger partial charge on any atom is 0.231 e. The molecular weight excluding hydrogens is 348 g/mol. The van der Waals surface area contributed by atoms with Crippen LogP contribution in [0.3, 0.4) is 0 Å². The molecule has 0 saturated heterocycles. The molecule has 2 aromatic rings. The van der Waals surface area contributed by atoms with E-state index in [-0.39, 0.29) is 18.6 Å². The van der Waals surface area contributed by atoms with Gasteiger partial charge in [0.1, 0.15) is 17.2 Å². The molecule has 0 aliphatic carbocycles. The van der Waals surface area contributed by atoms with Crippen LogP contribution in [-0.2, 0) is 4.74 Å². The first-order valence-corrected chi connectivity index (χ1v) is 8.90. The minimum Gasteiger partial charge on any atom is -0.497 e. The smallest absolute Gasteiger partial charge is 0.231 e. The summed E-state index contributed by atoms with van der Waals surface area (Å²) in [7, 11) is 4.97. The number of methoxy groups -OCH3 is 3. The third kappa shape index (κ3) is 2.75. The summed E-state index contributed by atoms with van der Waals surface area (Å²) in [6.45, 7) is 4.28. The molecule has 2 aromatic carbocycles. The van der Waals surface area contributed by atoms with Crippen molar-refractivity contribution in [3.8, 4) is 28.7 Å². The van der Waals surface area contributed by atoms with Gasteiger partial charge in [0, 0.05) is 49.1 Å². The molecule has 4 rings (SSSR count). The Kier molecular flexibility index (Phi) is 4.30. The number of fused-ring (bicyclic) bond motifs is 2. The average molecular weight is 372 g/mol. The molecule has 3 atom stereocenters. The number of hydrogen-bond acceptors (Lipinski definition) is 6. The highest BCUT2D eigenvalue weighted by Crippen LogP contribution is 2.53. The van der Waals surface area contributed by atoms with Crippen molar-refractivity contribution in [1.29, 1.82) is 0 Å². The monoisotopic (exact) mass is 372 g/mol. The Balaban J connectivity index is 1.91. The van der Waals surface area contributed by atoms with E-state index in [0.29, 0.717) is 5.75 Å². The minimum atomic E-state index is -0.795. The summed E-state index contributed by atoms with van der Waals surface area (Å²) in [4.78, 5) is 0. The van der Waals surface area contributed by atoms with Crippen molar-refractivity contribution in [2.75, 3.05) is 28.1 Å². The Labute approximate surface area is 158 Å². The zero-order valence-corrected chi connectivity index (χ0v) is 16.2. The van der Waals surface area contributed by atoms with Gasteiger partial charge in [-0.1, -0.05) is 13.0 Å². The predicted molar refractivity (Wildman–Crippen MR) is 99.2 cm³/mol. The van der Waals surface area contributed by atoms with E-state index in [9.17, 15) is 0 Å². The Bertz CT molecular complexity index is 864. The van der Waals surface area contributed by atoms with Crippen LogP contribution in [-0.4, -0.2) is 33.9 Å². The second-order valence-electron chi connectivity index (χ2n) is 6.94. The van der Waals surface area contributed by atoms with E-state index in [2.05, 4.69) is 6.92 Å². The minimum absolute atomic E-state index is 0.0117. The molecular formula is C21H24O6. The molecule has 0 radical (unpaired) electrons. The molecule has 0 saturated carbocycles.